The van der Waals surface area contributed by atoms with Crippen LogP contribution in [-0.4, -0.2) is 49.5 Å². The van der Waals surface area contributed by atoms with E-state index in [1.54, 1.807) is 0 Å². The molecular weight excluding hydrogens is 379 g/mol. The standard InChI is InChI=1S/C15H28N4O.HI/c1-3-16-15(19-10-4-5-12(2)11-19)18-9-8-17-14(20)13-6-7-13;/h12-13H,3-11H2,1-2H3,(H,16,18)(H,17,20);1H. The van der Waals surface area contributed by atoms with Crippen LogP contribution in [0.3, 0.4) is 0 Å². The molecule has 5 nitrogen and oxygen atoms in total. The quantitative estimate of drug-likeness (QED) is 0.316. The van der Waals surface area contributed by atoms with Crippen LogP contribution in [0.1, 0.15) is 39.5 Å². The fourth-order valence-corrected chi connectivity index (χ4v) is 2.64. The third kappa shape index (κ3) is 6.40. The summed E-state index contributed by atoms with van der Waals surface area (Å²) in [5.41, 5.74) is 0. The largest absolute Gasteiger partial charge is 0.357 e. The molecular formula is C15H29IN4O. The summed E-state index contributed by atoms with van der Waals surface area (Å²) in [6.07, 6.45) is 4.67. The number of guanidine groups is 1. The third-order valence-corrected chi connectivity index (χ3v) is 3.91. The molecule has 1 heterocycles. The molecule has 1 unspecified atom stereocenters. The summed E-state index contributed by atoms with van der Waals surface area (Å²) in [5.74, 6) is 2.23. The van der Waals surface area contributed by atoms with Crippen LogP contribution in [0.5, 0.6) is 0 Å². The second-order valence-corrected chi connectivity index (χ2v) is 5.99. The number of nitrogens with one attached hydrogen (secondary N) is 2. The molecule has 1 aliphatic carbocycles. The van der Waals surface area contributed by atoms with Crippen molar-refractivity contribution in [2.24, 2.45) is 16.8 Å². The highest BCUT2D eigenvalue weighted by atomic mass is 127. The second kappa shape index (κ2) is 9.48. The molecule has 6 heteroatoms. The lowest BCUT2D eigenvalue weighted by molar-refractivity contribution is -0.122. The summed E-state index contributed by atoms with van der Waals surface area (Å²) in [6, 6.07) is 0. The minimum absolute atomic E-state index is 0. The molecule has 1 amide bonds. The maximum Gasteiger partial charge on any atom is 0.223 e. The van der Waals surface area contributed by atoms with Gasteiger partial charge in [-0.15, -0.1) is 24.0 Å². The van der Waals surface area contributed by atoms with Gasteiger partial charge < -0.3 is 15.5 Å². The van der Waals surface area contributed by atoms with E-state index in [-0.39, 0.29) is 35.8 Å². The fraction of sp³-hybridized carbons (Fsp3) is 0.867. The predicted molar refractivity (Wildman–Crippen MR) is 97.1 cm³/mol. The molecule has 21 heavy (non-hydrogen) atoms. The summed E-state index contributed by atoms with van der Waals surface area (Å²) < 4.78 is 0. The number of hydrogen-bond donors (Lipinski definition) is 2. The Morgan fingerprint density at radius 1 is 1.29 bits per heavy atom. The Bertz CT molecular complexity index is 358. The van der Waals surface area contributed by atoms with Crippen molar-refractivity contribution in [1.82, 2.24) is 15.5 Å². The zero-order valence-corrected chi connectivity index (χ0v) is 15.6. The highest BCUT2D eigenvalue weighted by molar-refractivity contribution is 14.0. The first-order chi connectivity index (χ1) is 9.70. The summed E-state index contributed by atoms with van der Waals surface area (Å²) in [5, 5.41) is 6.32. The van der Waals surface area contributed by atoms with Gasteiger partial charge in [-0.05, 0) is 38.5 Å². The minimum Gasteiger partial charge on any atom is -0.357 e. The lowest BCUT2D eigenvalue weighted by atomic mass is 10.0. The van der Waals surface area contributed by atoms with Crippen LogP contribution in [-0.2, 0) is 4.79 Å². The number of nitrogens with zero attached hydrogens (tertiary/aromatic N) is 2. The molecule has 1 atom stereocenters. The summed E-state index contributed by atoms with van der Waals surface area (Å²) >= 11 is 0. The van der Waals surface area contributed by atoms with Gasteiger partial charge in [0, 0.05) is 32.1 Å². The van der Waals surface area contributed by atoms with E-state index in [0.29, 0.717) is 13.1 Å². The molecule has 2 rings (SSSR count). The Morgan fingerprint density at radius 3 is 2.67 bits per heavy atom. The Balaban J connectivity index is 0.00000220. The van der Waals surface area contributed by atoms with Gasteiger partial charge in [0.05, 0.1) is 6.54 Å². The van der Waals surface area contributed by atoms with Gasteiger partial charge in [-0.2, -0.15) is 0 Å². The van der Waals surface area contributed by atoms with Gasteiger partial charge in [0.25, 0.3) is 0 Å². The van der Waals surface area contributed by atoms with Crippen molar-refractivity contribution >= 4 is 35.8 Å². The highest BCUT2D eigenvalue weighted by Gasteiger charge is 2.29. The summed E-state index contributed by atoms with van der Waals surface area (Å²) in [4.78, 5) is 18.5. The maximum atomic E-state index is 11.5. The van der Waals surface area contributed by atoms with Crippen molar-refractivity contribution in [3.63, 3.8) is 0 Å². The predicted octanol–water partition coefficient (Wildman–Crippen LogP) is 1.83. The van der Waals surface area contributed by atoms with Gasteiger partial charge >= 0.3 is 0 Å². The Labute approximate surface area is 145 Å². The van der Waals surface area contributed by atoms with E-state index in [9.17, 15) is 4.79 Å². The molecule has 1 saturated heterocycles. The third-order valence-electron chi connectivity index (χ3n) is 3.91. The average molecular weight is 408 g/mol. The zero-order valence-electron chi connectivity index (χ0n) is 13.2. The van der Waals surface area contributed by atoms with E-state index in [0.717, 1.165) is 44.4 Å². The van der Waals surface area contributed by atoms with Crippen LogP contribution in [0.4, 0.5) is 0 Å². The number of hydrogen-bond acceptors (Lipinski definition) is 2. The van der Waals surface area contributed by atoms with Crippen LogP contribution in [0.25, 0.3) is 0 Å². The molecule has 0 bridgehead atoms. The first-order valence-corrected chi connectivity index (χ1v) is 8.01. The van der Waals surface area contributed by atoms with Crippen LogP contribution >= 0.6 is 24.0 Å². The molecule has 0 aromatic rings. The van der Waals surface area contributed by atoms with E-state index < -0.39 is 0 Å². The second-order valence-electron chi connectivity index (χ2n) is 5.99. The number of likely N-dealkylation sites (tertiary alicyclic amines) is 1. The monoisotopic (exact) mass is 408 g/mol. The molecule has 122 valence electrons. The van der Waals surface area contributed by atoms with E-state index in [1.165, 1.54) is 12.8 Å². The molecule has 1 aliphatic heterocycles. The topological polar surface area (TPSA) is 56.7 Å². The van der Waals surface area contributed by atoms with E-state index in [2.05, 4.69) is 34.4 Å². The fourth-order valence-electron chi connectivity index (χ4n) is 2.64. The van der Waals surface area contributed by atoms with Gasteiger partial charge in [0.2, 0.25) is 5.91 Å². The van der Waals surface area contributed by atoms with Crippen LogP contribution in [0, 0.1) is 11.8 Å². The lowest BCUT2D eigenvalue weighted by Gasteiger charge is -2.33. The van der Waals surface area contributed by atoms with Crippen molar-refractivity contribution < 1.29 is 4.79 Å². The number of halogens is 1. The molecule has 0 spiro atoms. The molecule has 0 radical (unpaired) electrons. The minimum atomic E-state index is 0. The van der Waals surface area contributed by atoms with Crippen molar-refractivity contribution in [3.8, 4) is 0 Å². The van der Waals surface area contributed by atoms with E-state index in [4.69, 9.17) is 0 Å². The SMILES string of the molecule is CCNC(=NCCNC(=O)C1CC1)N1CCCC(C)C1.I. The van der Waals surface area contributed by atoms with Gasteiger partial charge in [0.1, 0.15) is 0 Å². The van der Waals surface area contributed by atoms with Gasteiger partial charge in [0.15, 0.2) is 5.96 Å². The summed E-state index contributed by atoms with van der Waals surface area (Å²) in [7, 11) is 0. The molecule has 2 aliphatic rings. The van der Waals surface area contributed by atoms with Gasteiger partial charge in [-0.25, -0.2) is 0 Å². The van der Waals surface area contributed by atoms with Crippen LogP contribution < -0.4 is 10.6 Å². The van der Waals surface area contributed by atoms with Gasteiger partial charge in [-0.1, -0.05) is 6.92 Å². The molecule has 0 aromatic heterocycles. The average Bonchev–Trinajstić information content (AvgIpc) is 3.26. The first kappa shape index (κ1) is 18.5. The smallest absolute Gasteiger partial charge is 0.223 e. The maximum absolute atomic E-state index is 11.5. The molecule has 2 N–H and O–H groups in total. The Kier molecular flexibility index (Phi) is 8.36. The number of aliphatic imine (C=N–C) groups is 1. The normalized spacial score (nSPS) is 22.5. The highest BCUT2D eigenvalue weighted by Crippen LogP contribution is 2.28. The van der Waals surface area contributed by atoms with Crippen LogP contribution in [0.15, 0.2) is 4.99 Å². The zero-order chi connectivity index (χ0) is 14.4. The first-order valence-electron chi connectivity index (χ1n) is 8.01. The Morgan fingerprint density at radius 2 is 2.05 bits per heavy atom. The number of carbonyl (C=O) groups excluding carboxylic acids is 1. The number of piperidine rings is 1. The molecule has 1 saturated carbocycles. The van der Waals surface area contributed by atoms with Crippen molar-refractivity contribution in [1.29, 1.82) is 0 Å². The number of carbonyl (C=O) groups is 1. The lowest BCUT2D eigenvalue weighted by Crippen LogP contribution is -2.46. The molecule has 2 fully saturated rings. The Hall–Kier alpha value is -0.530. The van der Waals surface area contributed by atoms with Crippen molar-refractivity contribution in [2.75, 3.05) is 32.7 Å². The van der Waals surface area contributed by atoms with E-state index >= 15 is 0 Å². The number of rotatable bonds is 5. The summed E-state index contributed by atoms with van der Waals surface area (Å²) in [6.45, 7) is 8.76. The van der Waals surface area contributed by atoms with Crippen LogP contribution in [0.2, 0.25) is 0 Å². The number of amides is 1. The molecule has 0 aromatic carbocycles. The van der Waals surface area contributed by atoms with E-state index in [1.807, 2.05) is 0 Å². The van der Waals surface area contributed by atoms with Gasteiger partial charge in [-0.3, -0.25) is 9.79 Å². The van der Waals surface area contributed by atoms with Crippen molar-refractivity contribution in [2.45, 2.75) is 39.5 Å². The van der Waals surface area contributed by atoms with Crippen molar-refractivity contribution in [3.05, 3.63) is 0 Å².